The highest BCUT2D eigenvalue weighted by Crippen LogP contribution is 2.25. The van der Waals surface area contributed by atoms with Crippen molar-refractivity contribution in [3.05, 3.63) is 63.3 Å². The van der Waals surface area contributed by atoms with E-state index >= 15 is 0 Å². The minimum Gasteiger partial charge on any atom is -0.344 e. The Kier molecular flexibility index (Phi) is 6.59. The van der Waals surface area contributed by atoms with Crippen LogP contribution in [0.1, 0.15) is 35.9 Å². The summed E-state index contributed by atoms with van der Waals surface area (Å²) in [6.45, 7) is 3.39. The van der Waals surface area contributed by atoms with Gasteiger partial charge in [0, 0.05) is 28.9 Å². The van der Waals surface area contributed by atoms with Crippen LogP contribution >= 0.6 is 22.7 Å². The van der Waals surface area contributed by atoms with Gasteiger partial charge in [-0.25, -0.2) is 4.98 Å². The summed E-state index contributed by atoms with van der Waals surface area (Å²) in [6.07, 6.45) is 2.56. The van der Waals surface area contributed by atoms with Crippen molar-refractivity contribution in [1.29, 1.82) is 0 Å². The Morgan fingerprint density at radius 3 is 2.83 bits per heavy atom. The highest BCUT2D eigenvalue weighted by Gasteiger charge is 2.28. The summed E-state index contributed by atoms with van der Waals surface area (Å²) in [4.78, 5) is 33.6. The zero-order chi connectivity index (χ0) is 20.9. The van der Waals surface area contributed by atoms with Gasteiger partial charge in [0.05, 0.1) is 12.1 Å². The largest absolute Gasteiger partial charge is 0.344 e. The van der Waals surface area contributed by atoms with Crippen LogP contribution in [0.4, 0.5) is 0 Å². The minimum absolute atomic E-state index is 0.0188. The number of hydrogen-bond donors (Lipinski definition) is 1. The van der Waals surface area contributed by atoms with Crippen molar-refractivity contribution in [2.75, 3.05) is 6.54 Å². The number of hydrogen-bond acceptors (Lipinski definition) is 5. The van der Waals surface area contributed by atoms with E-state index in [1.54, 1.807) is 11.3 Å². The van der Waals surface area contributed by atoms with Gasteiger partial charge in [-0.3, -0.25) is 9.59 Å². The third-order valence-corrected chi connectivity index (χ3v) is 7.21. The molecule has 0 bridgehead atoms. The Morgan fingerprint density at radius 2 is 2.03 bits per heavy atom. The Labute approximate surface area is 184 Å². The van der Waals surface area contributed by atoms with E-state index in [-0.39, 0.29) is 18.2 Å². The summed E-state index contributed by atoms with van der Waals surface area (Å²) in [5, 5.41) is 7.87. The fourth-order valence-corrected chi connectivity index (χ4v) is 5.43. The molecule has 0 saturated heterocycles. The van der Waals surface area contributed by atoms with Gasteiger partial charge < -0.3 is 10.2 Å². The van der Waals surface area contributed by atoms with Gasteiger partial charge in [-0.05, 0) is 29.9 Å². The van der Waals surface area contributed by atoms with Crippen molar-refractivity contribution in [2.45, 2.75) is 45.2 Å². The van der Waals surface area contributed by atoms with Crippen molar-refractivity contribution in [2.24, 2.45) is 0 Å². The lowest BCUT2D eigenvalue weighted by Crippen LogP contribution is -2.50. The standard InChI is InChI=1S/C23H25N3O2S2/c1-2-6-19(23(28)26-11-9-20-17(14-26)10-12-29-20)25-21(27)13-18-15-30-22(24-18)16-7-4-3-5-8-16/h3-5,7-8,10,12,15,19H,2,6,9,11,13-14H2,1H3,(H,25,27). The average molecular weight is 440 g/mol. The Morgan fingerprint density at radius 1 is 1.20 bits per heavy atom. The molecule has 30 heavy (non-hydrogen) atoms. The van der Waals surface area contributed by atoms with Gasteiger partial charge in [0.1, 0.15) is 11.0 Å². The molecular formula is C23H25N3O2S2. The van der Waals surface area contributed by atoms with Crippen molar-refractivity contribution in [3.63, 3.8) is 0 Å². The zero-order valence-electron chi connectivity index (χ0n) is 17.0. The van der Waals surface area contributed by atoms with Crippen molar-refractivity contribution in [3.8, 4) is 10.6 Å². The molecule has 0 saturated carbocycles. The Hall–Kier alpha value is -2.51. The van der Waals surface area contributed by atoms with Crippen LogP contribution in [0.2, 0.25) is 0 Å². The number of benzene rings is 1. The summed E-state index contributed by atoms with van der Waals surface area (Å²) in [7, 11) is 0. The van der Waals surface area contributed by atoms with Crippen molar-refractivity contribution < 1.29 is 9.59 Å². The molecule has 0 radical (unpaired) electrons. The molecule has 1 atom stereocenters. The van der Waals surface area contributed by atoms with Gasteiger partial charge in [0.25, 0.3) is 0 Å². The summed E-state index contributed by atoms with van der Waals surface area (Å²) >= 11 is 3.29. The molecule has 1 unspecified atom stereocenters. The number of nitrogens with one attached hydrogen (secondary N) is 1. The van der Waals surface area contributed by atoms with E-state index in [1.807, 2.05) is 47.5 Å². The zero-order valence-corrected chi connectivity index (χ0v) is 18.6. The third kappa shape index (κ3) is 4.79. The fraction of sp³-hybridized carbons (Fsp3) is 0.348. The fourth-order valence-electron chi connectivity index (χ4n) is 3.71. The van der Waals surface area contributed by atoms with Crippen molar-refractivity contribution >= 4 is 34.5 Å². The van der Waals surface area contributed by atoms with Crippen LogP contribution < -0.4 is 5.32 Å². The predicted molar refractivity (Wildman–Crippen MR) is 122 cm³/mol. The number of carbonyl (C=O) groups is 2. The molecule has 4 rings (SSSR count). The Balaban J connectivity index is 1.38. The van der Waals surface area contributed by atoms with Gasteiger partial charge >= 0.3 is 0 Å². The highest BCUT2D eigenvalue weighted by molar-refractivity contribution is 7.13. The van der Waals surface area contributed by atoms with E-state index < -0.39 is 6.04 Å². The van der Waals surface area contributed by atoms with E-state index in [4.69, 9.17) is 0 Å². The van der Waals surface area contributed by atoms with E-state index in [0.29, 0.717) is 13.0 Å². The average Bonchev–Trinajstić information content (AvgIpc) is 3.42. The quantitative estimate of drug-likeness (QED) is 0.598. The number of thiazole rings is 1. The molecule has 0 aliphatic carbocycles. The first kappa shape index (κ1) is 20.8. The monoisotopic (exact) mass is 439 g/mol. The van der Waals surface area contributed by atoms with Crippen LogP contribution in [0.25, 0.3) is 10.6 Å². The molecule has 0 spiro atoms. The van der Waals surface area contributed by atoms with E-state index in [2.05, 4.69) is 21.7 Å². The number of rotatable bonds is 7. The molecule has 2 amide bonds. The number of fused-ring (bicyclic) bond motifs is 1. The van der Waals surface area contributed by atoms with E-state index in [0.717, 1.165) is 35.7 Å². The Bertz CT molecular complexity index is 1010. The van der Waals surface area contributed by atoms with Crippen LogP contribution in [0.15, 0.2) is 47.2 Å². The number of amides is 2. The predicted octanol–water partition coefficient (Wildman–Crippen LogP) is 4.28. The summed E-state index contributed by atoms with van der Waals surface area (Å²) in [5.74, 6) is -0.134. The van der Waals surface area contributed by atoms with Crippen LogP contribution in [0.5, 0.6) is 0 Å². The van der Waals surface area contributed by atoms with Gasteiger partial charge in [0.2, 0.25) is 11.8 Å². The first-order valence-electron chi connectivity index (χ1n) is 10.3. The summed E-state index contributed by atoms with van der Waals surface area (Å²) in [5.41, 5.74) is 3.02. The molecule has 5 nitrogen and oxygen atoms in total. The van der Waals surface area contributed by atoms with Gasteiger partial charge in [0.15, 0.2) is 0 Å². The van der Waals surface area contributed by atoms with Gasteiger partial charge in [-0.15, -0.1) is 22.7 Å². The van der Waals surface area contributed by atoms with E-state index in [1.165, 1.54) is 21.8 Å². The molecule has 2 aromatic heterocycles. The lowest BCUT2D eigenvalue weighted by Gasteiger charge is -2.30. The smallest absolute Gasteiger partial charge is 0.245 e. The topological polar surface area (TPSA) is 62.3 Å². The number of nitrogens with zero attached hydrogens (tertiary/aromatic N) is 2. The molecule has 1 aliphatic rings. The second kappa shape index (κ2) is 9.53. The highest BCUT2D eigenvalue weighted by atomic mass is 32.1. The number of aromatic nitrogens is 1. The minimum atomic E-state index is -0.477. The summed E-state index contributed by atoms with van der Waals surface area (Å²) in [6, 6.07) is 11.6. The normalized spacial score (nSPS) is 14.2. The molecule has 156 valence electrons. The maximum atomic E-state index is 13.1. The van der Waals surface area contributed by atoms with Crippen LogP contribution in [0, 0.1) is 0 Å². The summed E-state index contributed by atoms with van der Waals surface area (Å²) < 4.78 is 0. The van der Waals surface area contributed by atoms with Crippen LogP contribution in [0.3, 0.4) is 0 Å². The molecule has 3 heterocycles. The molecular weight excluding hydrogens is 414 g/mol. The van der Waals surface area contributed by atoms with Gasteiger partial charge in [-0.1, -0.05) is 43.7 Å². The van der Waals surface area contributed by atoms with Gasteiger partial charge in [-0.2, -0.15) is 0 Å². The maximum Gasteiger partial charge on any atom is 0.245 e. The number of carbonyl (C=O) groups excluding carboxylic acids is 2. The molecule has 7 heteroatoms. The second-order valence-electron chi connectivity index (χ2n) is 7.47. The van der Waals surface area contributed by atoms with Crippen LogP contribution in [-0.4, -0.2) is 34.3 Å². The lowest BCUT2D eigenvalue weighted by molar-refractivity contribution is -0.137. The molecule has 1 aromatic carbocycles. The second-order valence-corrected chi connectivity index (χ2v) is 9.33. The molecule has 1 N–H and O–H groups in total. The molecule has 1 aliphatic heterocycles. The maximum absolute atomic E-state index is 13.1. The van der Waals surface area contributed by atoms with Crippen LogP contribution in [-0.2, 0) is 29.0 Å². The van der Waals surface area contributed by atoms with E-state index in [9.17, 15) is 9.59 Å². The number of thiophene rings is 1. The molecule has 3 aromatic rings. The SMILES string of the molecule is CCCC(NC(=O)Cc1csc(-c2ccccc2)n1)C(=O)N1CCc2sccc2C1. The third-order valence-electron chi connectivity index (χ3n) is 5.24. The first-order valence-corrected chi connectivity index (χ1v) is 12.0. The van der Waals surface area contributed by atoms with Crippen molar-refractivity contribution in [1.82, 2.24) is 15.2 Å². The molecule has 0 fully saturated rings. The first-order chi connectivity index (χ1) is 14.6. The lowest BCUT2D eigenvalue weighted by atomic mass is 10.1.